The van der Waals surface area contributed by atoms with Crippen molar-refractivity contribution in [2.75, 3.05) is 38.6 Å². The van der Waals surface area contributed by atoms with Crippen LogP contribution in [0.1, 0.15) is 43.7 Å². The summed E-state index contributed by atoms with van der Waals surface area (Å²) < 4.78 is 0. The Hall–Kier alpha value is -0.650. The predicted octanol–water partition coefficient (Wildman–Crippen LogP) is 2.50. The molecule has 0 saturated heterocycles. The Labute approximate surface area is 121 Å². The summed E-state index contributed by atoms with van der Waals surface area (Å²) in [6.07, 6.45) is 1.16. The molecule has 0 aliphatic carbocycles. The maximum Gasteiger partial charge on any atom is 0.185 e. The number of anilines is 1. The van der Waals surface area contributed by atoms with Gasteiger partial charge < -0.3 is 15.5 Å². The van der Waals surface area contributed by atoms with E-state index in [1.165, 1.54) is 10.6 Å². The van der Waals surface area contributed by atoms with Crippen LogP contribution in [-0.2, 0) is 6.54 Å². The van der Waals surface area contributed by atoms with Crippen LogP contribution in [0.3, 0.4) is 0 Å². The van der Waals surface area contributed by atoms with E-state index in [2.05, 4.69) is 44.7 Å². The van der Waals surface area contributed by atoms with Gasteiger partial charge in [0.25, 0.3) is 0 Å². The Balaban J connectivity index is 2.75. The lowest BCUT2D eigenvalue weighted by Gasteiger charge is -2.20. The van der Waals surface area contributed by atoms with Crippen LogP contribution < -0.4 is 10.6 Å². The van der Waals surface area contributed by atoms with Crippen molar-refractivity contribution in [3.8, 4) is 0 Å². The van der Waals surface area contributed by atoms with Crippen molar-refractivity contribution in [2.45, 2.75) is 39.7 Å². The van der Waals surface area contributed by atoms with Crippen LogP contribution in [0.2, 0.25) is 0 Å². The van der Waals surface area contributed by atoms with E-state index in [1.54, 1.807) is 11.3 Å². The molecule has 1 aromatic heterocycles. The third kappa shape index (κ3) is 4.75. The second-order valence-electron chi connectivity index (χ2n) is 5.40. The molecule has 0 amide bonds. The van der Waals surface area contributed by atoms with Crippen LogP contribution in [0.25, 0.3) is 0 Å². The number of nitrogens with zero attached hydrogens (tertiary/aromatic N) is 3. The molecule has 110 valence electrons. The monoisotopic (exact) mass is 284 g/mol. The minimum Gasteiger partial charge on any atom is -0.348 e. The molecule has 1 aromatic rings. The summed E-state index contributed by atoms with van der Waals surface area (Å²) in [5, 5.41) is 1.13. The number of aromatic nitrogens is 1. The molecule has 0 bridgehead atoms. The van der Waals surface area contributed by atoms with Gasteiger partial charge in [-0.15, -0.1) is 11.3 Å². The van der Waals surface area contributed by atoms with E-state index in [0.29, 0.717) is 12.5 Å². The third-order valence-corrected chi connectivity index (χ3v) is 4.29. The van der Waals surface area contributed by atoms with E-state index < -0.39 is 0 Å². The maximum absolute atomic E-state index is 5.83. The lowest BCUT2D eigenvalue weighted by atomic mass is 10.1. The first-order chi connectivity index (χ1) is 8.99. The fourth-order valence-corrected chi connectivity index (χ4v) is 3.23. The second kappa shape index (κ2) is 7.82. The Morgan fingerprint density at radius 3 is 2.37 bits per heavy atom. The molecule has 0 aromatic carbocycles. The smallest absolute Gasteiger partial charge is 0.185 e. The number of rotatable bonds is 8. The summed E-state index contributed by atoms with van der Waals surface area (Å²) >= 11 is 1.76. The van der Waals surface area contributed by atoms with Crippen LogP contribution in [0.15, 0.2) is 0 Å². The first kappa shape index (κ1) is 16.4. The van der Waals surface area contributed by atoms with Gasteiger partial charge in [0, 0.05) is 24.5 Å². The molecular weight excluding hydrogens is 256 g/mol. The first-order valence-corrected chi connectivity index (χ1v) is 7.90. The Kier molecular flexibility index (Phi) is 6.75. The van der Waals surface area contributed by atoms with E-state index in [0.717, 1.165) is 31.2 Å². The summed E-state index contributed by atoms with van der Waals surface area (Å²) in [5.41, 5.74) is 7.00. The normalized spacial score (nSPS) is 11.6. The molecule has 2 N–H and O–H groups in total. The third-order valence-electron chi connectivity index (χ3n) is 3.13. The molecule has 0 saturated carbocycles. The number of nitrogens with two attached hydrogens (primary N) is 1. The van der Waals surface area contributed by atoms with Crippen molar-refractivity contribution in [3.63, 3.8) is 0 Å². The lowest BCUT2D eigenvalue weighted by molar-refractivity contribution is 0.400. The summed E-state index contributed by atoms with van der Waals surface area (Å²) in [6.45, 7) is 10.3. The fraction of sp³-hybridized carbons (Fsp3) is 0.786. The summed E-state index contributed by atoms with van der Waals surface area (Å²) in [5.74, 6) is 0.448. The summed E-state index contributed by atoms with van der Waals surface area (Å²) in [7, 11) is 4.23. The zero-order chi connectivity index (χ0) is 14.4. The molecule has 4 nitrogen and oxygen atoms in total. The van der Waals surface area contributed by atoms with Crippen molar-refractivity contribution in [2.24, 2.45) is 5.73 Å². The van der Waals surface area contributed by atoms with Crippen molar-refractivity contribution in [1.29, 1.82) is 0 Å². The van der Waals surface area contributed by atoms with Gasteiger partial charge in [0.05, 0.1) is 5.69 Å². The van der Waals surface area contributed by atoms with Crippen molar-refractivity contribution >= 4 is 16.5 Å². The molecule has 0 spiro atoms. The van der Waals surface area contributed by atoms with Crippen LogP contribution in [-0.4, -0.2) is 43.6 Å². The van der Waals surface area contributed by atoms with E-state index in [4.69, 9.17) is 10.7 Å². The molecule has 0 radical (unpaired) electrons. The van der Waals surface area contributed by atoms with Crippen LogP contribution in [0.4, 0.5) is 5.13 Å². The molecule has 0 fully saturated rings. The standard InChI is InChI=1S/C14H28N4S/c1-6-18(9-7-8-17(4)5)14-16-13(11(2)3)12(10-15)19-14/h11H,6-10,15H2,1-5H3. The SMILES string of the molecule is CCN(CCCN(C)C)c1nc(C(C)C)c(CN)s1. The van der Waals surface area contributed by atoms with E-state index in [9.17, 15) is 0 Å². The van der Waals surface area contributed by atoms with Gasteiger partial charge in [0.2, 0.25) is 0 Å². The average Bonchev–Trinajstić information content (AvgIpc) is 2.78. The molecule has 0 aliphatic heterocycles. The molecule has 0 aliphatic rings. The molecular formula is C14H28N4S. The Morgan fingerprint density at radius 2 is 1.95 bits per heavy atom. The summed E-state index contributed by atoms with van der Waals surface area (Å²) in [4.78, 5) is 10.6. The van der Waals surface area contributed by atoms with Gasteiger partial charge in [0.15, 0.2) is 5.13 Å². The lowest BCUT2D eigenvalue weighted by Crippen LogP contribution is -2.26. The van der Waals surface area contributed by atoms with Gasteiger partial charge >= 0.3 is 0 Å². The molecule has 5 heteroatoms. The zero-order valence-corrected chi connectivity index (χ0v) is 13.8. The fourth-order valence-electron chi connectivity index (χ4n) is 2.05. The highest BCUT2D eigenvalue weighted by Gasteiger charge is 2.16. The molecule has 0 unspecified atom stereocenters. The Morgan fingerprint density at radius 1 is 1.26 bits per heavy atom. The average molecular weight is 284 g/mol. The predicted molar refractivity (Wildman–Crippen MR) is 85.2 cm³/mol. The first-order valence-electron chi connectivity index (χ1n) is 7.08. The molecule has 19 heavy (non-hydrogen) atoms. The van der Waals surface area contributed by atoms with E-state index in [-0.39, 0.29) is 0 Å². The molecule has 1 heterocycles. The maximum atomic E-state index is 5.83. The van der Waals surface area contributed by atoms with Gasteiger partial charge in [-0.05, 0) is 39.9 Å². The number of thiazole rings is 1. The van der Waals surface area contributed by atoms with E-state index >= 15 is 0 Å². The van der Waals surface area contributed by atoms with Crippen LogP contribution in [0.5, 0.6) is 0 Å². The van der Waals surface area contributed by atoms with Gasteiger partial charge in [-0.1, -0.05) is 13.8 Å². The number of hydrogen-bond acceptors (Lipinski definition) is 5. The topological polar surface area (TPSA) is 45.4 Å². The van der Waals surface area contributed by atoms with Crippen molar-refractivity contribution in [3.05, 3.63) is 10.6 Å². The summed E-state index contributed by atoms with van der Waals surface area (Å²) in [6, 6.07) is 0. The highest BCUT2D eigenvalue weighted by molar-refractivity contribution is 7.15. The number of hydrogen-bond donors (Lipinski definition) is 1. The van der Waals surface area contributed by atoms with Crippen molar-refractivity contribution < 1.29 is 0 Å². The van der Waals surface area contributed by atoms with E-state index in [1.807, 2.05) is 0 Å². The van der Waals surface area contributed by atoms with Gasteiger partial charge in [0.1, 0.15) is 0 Å². The zero-order valence-electron chi connectivity index (χ0n) is 12.9. The van der Waals surface area contributed by atoms with Gasteiger partial charge in [-0.3, -0.25) is 0 Å². The quantitative estimate of drug-likeness (QED) is 0.797. The highest BCUT2D eigenvalue weighted by Crippen LogP contribution is 2.30. The van der Waals surface area contributed by atoms with Gasteiger partial charge in [-0.2, -0.15) is 0 Å². The van der Waals surface area contributed by atoms with Crippen LogP contribution in [0, 0.1) is 0 Å². The minimum atomic E-state index is 0.448. The minimum absolute atomic E-state index is 0.448. The Bertz CT molecular complexity index is 374. The van der Waals surface area contributed by atoms with Crippen LogP contribution >= 0.6 is 11.3 Å². The largest absolute Gasteiger partial charge is 0.348 e. The molecule has 0 atom stereocenters. The second-order valence-corrected chi connectivity index (χ2v) is 6.46. The van der Waals surface area contributed by atoms with Crippen molar-refractivity contribution in [1.82, 2.24) is 9.88 Å². The molecule has 1 rings (SSSR count). The van der Waals surface area contributed by atoms with Gasteiger partial charge in [-0.25, -0.2) is 4.98 Å². The highest BCUT2D eigenvalue weighted by atomic mass is 32.1.